The van der Waals surface area contributed by atoms with E-state index >= 15 is 0 Å². The van der Waals surface area contributed by atoms with Gasteiger partial charge in [0.25, 0.3) is 0 Å². The third kappa shape index (κ3) is 4.10. The van der Waals surface area contributed by atoms with E-state index in [0.29, 0.717) is 6.54 Å². The number of rotatable bonds is 3. The maximum atomic E-state index is 13.1. The molecule has 0 bridgehead atoms. The van der Waals surface area contributed by atoms with Crippen molar-refractivity contribution in [3.8, 4) is 0 Å². The summed E-state index contributed by atoms with van der Waals surface area (Å²) in [5.74, 6) is -2.14. The van der Waals surface area contributed by atoms with E-state index in [0.717, 1.165) is 5.56 Å². The van der Waals surface area contributed by atoms with Gasteiger partial charge in [-0.15, -0.1) is 0 Å². The fraction of sp³-hybridized carbons (Fsp3) is 0.471. The van der Waals surface area contributed by atoms with Crippen LogP contribution in [0.5, 0.6) is 0 Å². The van der Waals surface area contributed by atoms with Gasteiger partial charge in [0, 0.05) is 26.1 Å². The topological polar surface area (TPSA) is 83.7 Å². The first kappa shape index (κ1) is 17.9. The van der Waals surface area contributed by atoms with Gasteiger partial charge in [0.05, 0.1) is 6.04 Å². The van der Waals surface area contributed by atoms with Crippen molar-refractivity contribution in [3.63, 3.8) is 0 Å². The maximum absolute atomic E-state index is 13.1. The first-order chi connectivity index (χ1) is 11.3. The lowest BCUT2D eigenvalue weighted by Crippen LogP contribution is -2.49. The molecule has 1 atom stereocenters. The molecule has 6 nitrogen and oxygen atoms in total. The van der Waals surface area contributed by atoms with Crippen molar-refractivity contribution in [3.05, 3.63) is 35.6 Å². The van der Waals surface area contributed by atoms with E-state index in [2.05, 4.69) is 0 Å². The molecule has 0 aliphatic carbocycles. The molecule has 1 fully saturated rings. The summed E-state index contributed by atoms with van der Waals surface area (Å²) in [5, 5.41) is 0. The Morgan fingerprint density at radius 1 is 1.29 bits per heavy atom. The minimum atomic E-state index is -1.02. The zero-order valence-electron chi connectivity index (χ0n) is 13.9. The Labute approximate surface area is 140 Å². The summed E-state index contributed by atoms with van der Waals surface area (Å²) >= 11 is 0. The third-order valence-electron chi connectivity index (χ3n) is 4.26. The van der Waals surface area contributed by atoms with Gasteiger partial charge in [0.15, 0.2) is 0 Å². The second-order valence-electron chi connectivity index (χ2n) is 6.32. The summed E-state index contributed by atoms with van der Waals surface area (Å²) in [4.78, 5) is 38.7. The van der Waals surface area contributed by atoms with Crippen molar-refractivity contribution < 1.29 is 18.8 Å². The fourth-order valence-corrected chi connectivity index (χ4v) is 2.88. The van der Waals surface area contributed by atoms with E-state index in [1.807, 2.05) is 13.8 Å². The highest BCUT2D eigenvalue weighted by molar-refractivity contribution is 6.34. The normalized spacial score (nSPS) is 18.7. The molecular formula is C17H22FN3O3. The van der Waals surface area contributed by atoms with Gasteiger partial charge in [-0.1, -0.05) is 26.0 Å². The molecule has 2 rings (SSSR count). The first-order valence-corrected chi connectivity index (χ1v) is 7.92. The highest BCUT2D eigenvalue weighted by atomic mass is 19.1. The van der Waals surface area contributed by atoms with Crippen molar-refractivity contribution in [2.45, 2.75) is 32.9 Å². The summed E-state index contributed by atoms with van der Waals surface area (Å²) in [6.07, 6.45) is 0.128. The average molecular weight is 335 g/mol. The van der Waals surface area contributed by atoms with Crippen LogP contribution in [-0.2, 0) is 20.9 Å². The summed E-state index contributed by atoms with van der Waals surface area (Å²) in [5.41, 5.74) is 5.89. The zero-order valence-corrected chi connectivity index (χ0v) is 13.9. The summed E-state index contributed by atoms with van der Waals surface area (Å²) in [6.45, 7) is 4.67. The van der Waals surface area contributed by atoms with Crippen LogP contribution in [-0.4, -0.2) is 46.7 Å². The minimum Gasteiger partial charge on any atom is -0.361 e. The van der Waals surface area contributed by atoms with Gasteiger partial charge in [-0.3, -0.25) is 14.4 Å². The van der Waals surface area contributed by atoms with Gasteiger partial charge in [0.2, 0.25) is 5.91 Å². The summed E-state index contributed by atoms with van der Waals surface area (Å²) in [6, 6.07) is 5.73. The van der Waals surface area contributed by atoms with Crippen LogP contribution < -0.4 is 5.73 Å². The molecule has 0 saturated carbocycles. The number of nitrogens with two attached hydrogens (primary N) is 1. The van der Waals surface area contributed by atoms with Crippen LogP contribution in [0, 0.1) is 11.7 Å². The fourth-order valence-electron chi connectivity index (χ4n) is 2.88. The van der Waals surface area contributed by atoms with Crippen molar-refractivity contribution >= 4 is 17.7 Å². The SMILES string of the molecule is CC(C)[C@@H]1CN(C(=O)C(N)=O)CCC(=O)N1Cc1ccc(F)cc1. The van der Waals surface area contributed by atoms with Gasteiger partial charge >= 0.3 is 11.8 Å². The molecule has 1 aliphatic rings. The van der Waals surface area contributed by atoms with Crippen molar-refractivity contribution in [1.82, 2.24) is 9.80 Å². The lowest BCUT2D eigenvalue weighted by molar-refractivity contribution is -0.144. The first-order valence-electron chi connectivity index (χ1n) is 7.92. The minimum absolute atomic E-state index is 0.0793. The Kier molecular flexibility index (Phi) is 5.54. The molecular weight excluding hydrogens is 313 g/mol. The van der Waals surface area contributed by atoms with Crippen LogP contribution in [0.25, 0.3) is 0 Å². The summed E-state index contributed by atoms with van der Waals surface area (Å²) in [7, 11) is 0. The largest absolute Gasteiger partial charge is 0.361 e. The number of carbonyl (C=O) groups excluding carboxylic acids is 3. The molecule has 0 unspecified atom stereocenters. The smallest absolute Gasteiger partial charge is 0.311 e. The van der Waals surface area contributed by atoms with Crippen LogP contribution in [0.2, 0.25) is 0 Å². The molecule has 24 heavy (non-hydrogen) atoms. The second-order valence-corrected chi connectivity index (χ2v) is 6.32. The average Bonchev–Trinajstić information content (AvgIpc) is 2.69. The number of carbonyl (C=O) groups is 3. The molecule has 130 valence electrons. The number of benzene rings is 1. The van der Waals surface area contributed by atoms with E-state index in [4.69, 9.17) is 5.73 Å². The predicted octanol–water partition coefficient (Wildman–Crippen LogP) is 0.896. The standard InChI is InChI=1S/C17H22FN3O3/c1-11(2)14-10-20(17(24)16(19)23)8-7-15(22)21(14)9-12-3-5-13(18)6-4-12/h3-6,11,14H,7-10H2,1-2H3,(H2,19,23)/t14-/m0/s1. The molecule has 0 spiro atoms. The van der Waals surface area contributed by atoms with Crippen LogP contribution in [0.1, 0.15) is 25.8 Å². The molecule has 1 aliphatic heterocycles. The lowest BCUT2D eigenvalue weighted by Gasteiger charge is -2.34. The molecule has 1 heterocycles. The zero-order chi connectivity index (χ0) is 17.9. The Morgan fingerprint density at radius 2 is 1.92 bits per heavy atom. The highest BCUT2D eigenvalue weighted by Gasteiger charge is 2.34. The third-order valence-corrected chi connectivity index (χ3v) is 4.26. The molecule has 3 amide bonds. The Balaban J connectivity index is 2.24. The van der Waals surface area contributed by atoms with Gasteiger partial charge in [-0.05, 0) is 23.6 Å². The van der Waals surface area contributed by atoms with E-state index in [-0.39, 0.29) is 43.2 Å². The van der Waals surface area contributed by atoms with Crippen LogP contribution in [0.3, 0.4) is 0 Å². The Hall–Kier alpha value is -2.44. The van der Waals surface area contributed by atoms with Crippen LogP contribution in [0.15, 0.2) is 24.3 Å². The molecule has 1 aromatic rings. The Bertz CT molecular complexity index is 630. The predicted molar refractivity (Wildman–Crippen MR) is 86.0 cm³/mol. The van der Waals surface area contributed by atoms with Crippen molar-refractivity contribution in [1.29, 1.82) is 0 Å². The molecule has 2 N–H and O–H groups in total. The van der Waals surface area contributed by atoms with Gasteiger partial charge < -0.3 is 15.5 Å². The highest BCUT2D eigenvalue weighted by Crippen LogP contribution is 2.21. The number of hydrogen-bond acceptors (Lipinski definition) is 3. The van der Waals surface area contributed by atoms with Crippen molar-refractivity contribution in [2.75, 3.05) is 13.1 Å². The van der Waals surface area contributed by atoms with E-state index < -0.39 is 11.8 Å². The van der Waals surface area contributed by atoms with Crippen molar-refractivity contribution in [2.24, 2.45) is 11.7 Å². The Morgan fingerprint density at radius 3 is 2.46 bits per heavy atom. The molecule has 0 aromatic heterocycles. The van der Waals surface area contributed by atoms with Gasteiger partial charge in [0.1, 0.15) is 5.82 Å². The van der Waals surface area contributed by atoms with E-state index in [1.165, 1.54) is 17.0 Å². The molecule has 1 saturated heterocycles. The second kappa shape index (κ2) is 7.42. The van der Waals surface area contributed by atoms with E-state index in [1.54, 1.807) is 17.0 Å². The van der Waals surface area contributed by atoms with Crippen LogP contribution >= 0.6 is 0 Å². The number of hydrogen-bond donors (Lipinski definition) is 1. The quantitative estimate of drug-likeness (QED) is 0.833. The lowest BCUT2D eigenvalue weighted by atomic mass is 10.0. The number of amides is 3. The molecule has 1 aromatic carbocycles. The molecule has 7 heteroatoms. The van der Waals surface area contributed by atoms with Gasteiger partial charge in [-0.25, -0.2) is 4.39 Å². The van der Waals surface area contributed by atoms with Gasteiger partial charge in [-0.2, -0.15) is 0 Å². The van der Waals surface area contributed by atoms with E-state index in [9.17, 15) is 18.8 Å². The summed E-state index contributed by atoms with van der Waals surface area (Å²) < 4.78 is 13.1. The number of halogens is 1. The molecule has 0 radical (unpaired) electrons. The number of primary amides is 1. The number of nitrogens with zero attached hydrogens (tertiary/aromatic N) is 2. The van der Waals surface area contributed by atoms with Crippen LogP contribution in [0.4, 0.5) is 4.39 Å². The monoisotopic (exact) mass is 335 g/mol. The maximum Gasteiger partial charge on any atom is 0.311 e.